The lowest BCUT2D eigenvalue weighted by molar-refractivity contribution is 0.0810. The van der Waals surface area contributed by atoms with Crippen LogP contribution in [0.4, 0.5) is 0 Å². The molecular weight excluding hydrogens is 308 g/mol. The molecule has 0 saturated carbocycles. The number of hydrogen-bond acceptors (Lipinski definition) is 2. The van der Waals surface area contributed by atoms with Gasteiger partial charge in [0.1, 0.15) is 0 Å². The molecule has 2 aromatic rings. The van der Waals surface area contributed by atoms with E-state index in [1.54, 1.807) is 4.90 Å². The standard InChI is InChI=1S/C22H26N2O/c1-24(14-6-10-18-7-3-2-4-8-18)22(25)21-11-5-9-19(16-21)15-20-12-13-23-17-20/h2-11,16,20,23H,12-15,17H2,1H3/b10-6+. The van der Waals surface area contributed by atoms with Gasteiger partial charge in [0.25, 0.3) is 5.91 Å². The Morgan fingerprint density at radius 2 is 2.04 bits per heavy atom. The fraction of sp³-hybridized carbons (Fsp3) is 0.318. The van der Waals surface area contributed by atoms with E-state index in [0.717, 1.165) is 30.6 Å². The second-order valence-electron chi connectivity index (χ2n) is 6.76. The molecule has 1 fully saturated rings. The Bertz CT molecular complexity index is 718. The van der Waals surface area contributed by atoms with Gasteiger partial charge in [0.2, 0.25) is 0 Å². The fourth-order valence-corrected chi connectivity index (χ4v) is 3.27. The Kier molecular flexibility index (Phi) is 6.02. The third-order valence-electron chi connectivity index (χ3n) is 4.70. The minimum Gasteiger partial charge on any atom is -0.338 e. The third kappa shape index (κ3) is 5.04. The van der Waals surface area contributed by atoms with Gasteiger partial charge in [0.15, 0.2) is 0 Å². The van der Waals surface area contributed by atoms with Gasteiger partial charge in [-0.05, 0) is 55.1 Å². The van der Waals surface area contributed by atoms with Crippen molar-refractivity contribution >= 4 is 12.0 Å². The second-order valence-corrected chi connectivity index (χ2v) is 6.76. The molecule has 0 aromatic heterocycles. The molecule has 3 rings (SSSR count). The van der Waals surface area contributed by atoms with Gasteiger partial charge in [0.05, 0.1) is 0 Å². The summed E-state index contributed by atoms with van der Waals surface area (Å²) in [5.41, 5.74) is 3.18. The van der Waals surface area contributed by atoms with E-state index in [2.05, 4.69) is 29.6 Å². The quantitative estimate of drug-likeness (QED) is 0.875. The van der Waals surface area contributed by atoms with Crippen LogP contribution in [0, 0.1) is 5.92 Å². The molecule has 3 heteroatoms. The number of benzene rings is 2. The number of amides is 1. The first-order valence-corrected chi connectivity index (χ1v) is 8.99. The predicted octanol–water partition coefficient (Wildman–Crippen LogP) is 3.62. The van der Waals surface area contributed by atoms with E-state index in [1.165, 1.54) is 12.0 Å². The molecule has 1 heterocycles. The molecule has 0 radical (unpaired) electrons. The lowest BCUT2D eigenvalue weighted by Gasteiger charge is -2.16. The highest BCUT2D eigenvalue weighted by Gasteiger charge is 2.16. The van der Waals surface area contributed by atoms with Gasteiger partial charge in [-0.15, -0.1) is 0 Å². The smallest absolute Gasteiger partial charge is 0.253 e. The van der Waals surface area contributed by atoms with Crippen molar-refractivity contribution in [2.24, 2.45) is 5.92 Å². The molecular formula is C22H26N2O. The van der Waals surface area contributed by atoms with E-state index < -0.39 is 0 Å². The molecule has 2 aromatic carbocycles. The minimum atomic E-state index is 0.0732. The molecule has 0 aliphatic carbocycles. The molecule has 1 unspecified atom stereocenters. The van der Waals surface area contributed by atoms with Gasteiger partial charge in [-0.1, -0.05) is 54.6 Å². The molecule has 3 nitrogen and oxygen atoms in total. The average molecular weight is 334 g/mol. The first kappa shape index (κ1) is 17.4. The van der Waals surface area contributed by atoms with Gasteiger partial charge in [-0.3, -0.25) is 4.79 Å². The number of nitrogens with one attached hydrogen (secondary N) is 1. The normalized spacial score (nSPS) is 17.1. The van der Waals surface area contributed by atoms with Crippen LogP contribution in [0.1, 0.15) is 27.9 Å². The van der Waals surface area contributed by atoms with Gasteiger partial charge in [0, 0.05) is 19.2 Å². The highest BCUT2D eigenvalue weighted by molar-refractivity contribution is 5.94. The number of carbonyl (C=O) groups excluding carboxylic acids is 1. The molecule has 0 spiro atoms. The summed E-state index contributed by atoms with van der Waals surface area (Å²) in [6, 6.07) is 18.2. The van der Waals surface area contributed by atoms with Gasteiger partial charge in [-0.2, -0.15) is 0 Å². The Balaban J connectivity index is 1.58. The van der Waals surface area contributed by atoms with Crippen LogP contribution in [-0.4, -0.2) is 37.5 Å². The zero-order chi connectivity index (χ0) is 17.5. The molecule has 1 saturated heterocycles. The Morgan fingerprint density at radius 1 is 1.20 bits per heavy atom. The van der Waals surface area contributed by atoms with E-state index in [0.29, 0.717) is 12.5 Å². The Morgan fingerprint density at radius 3 is 2.80 bits per heavy atom. The van der Waals surface area contributed by atoms with Crippen LogP contribution in [0.5, 0.6) is 0 Å². The first-order chi connectivity index (χ1) is 12.2. The van der Waals surface area contributed by atoms with Gasteiger partial charge < -0.3 is 10.2 Å². The van der Waals surface area contributed by atoms with Crippen LogP contribution in [0.25, 0.3) is 6.08 Å². The zero-order valence-corrected chi connectivity index (χ0v) is 14.8. The Hall–Kier alpha value is -2.39. The summed E-state index contributed by atoms with van der Waals surface area (Å²) < 4.78 is 0. The maximum absolute atomic E-state index is 12.7. The van der Waals surface area contributed by atoms with Crippen molar-refractivity contribution in [1.82, 2.24) is 10.2 Å². The monoisotopic (exact) mass is 334 g/mol. The van der Waals surface area contributed by atoms with Crippen molar-refractivity contribution in [3.05, 3.63) is 77.4 Å². The number of hydrogen-bond donors (Lipinski definition) is 1. The summed E-state index contributed by atoms with van der Waals surface area (Å²) in [6.07, 6.45) is 6.35. The van der Waals surface area contributed by atoms with Crippen molar-refractivity contribution in [2.75, 3.05) is 26.7 Å². The van der Waals surface area contributed by atoms with Gasteiger partial charge in [-0.25, -0.2) is 0 Å². The summed E-state index contributed by atoms with van der Waals surface area (Å²) in [5, 5.41) is 3.40. The van der Waals surface area contributed by atoms with Crippen LogP contribution < -0.4 is 5.32 Å². The SMILES string of the molecule is CN(C/C=C/c1ccccc1)C(=O)c1cccc(CC2CCNC2)c1. The molecule has 0 bridgehead atoms. The molecule has 1 atom stereocenters. The molecule has 1 N–H and O–H groups in total. The number of nitrogens with zero attached hydrogens (tertiary/aromatic N) is 1. The lowest BCUT2D eigenvalue weighted by atomic mass is 9.97. The number of likely N-dealkylation sites (N-methyl/N-ethyl adjacent to an activating group) is 1. The van der Waals surface area contributed by atoms with Gasteiger partial charge >= 0.3 is 0 Å². The maximum atomic E-state index is 12.7. The zero-order valence-electron chi connectivity index (χ0n) is 14.8. The summed E-state index contributed by atoms with van der Waals surface area (Å²) in [7, 11) is 1.85. The van der Waals surface area contributed by atoms with Crippen molar-refractivity contribution in [3.63, 3.8) is 0 Å². The molecule has 25 heavy (non-hydrogen) atoms. The maximum Gasteiger partial charge on any atom is 0.253 e. The van der Waals surface area contributed by atoms with Crippen molar-refractivity contribution < 1.29 is 4.79 Å². The van der Waals surface area contributed by atoms with Crippen LogP contribution in [0.2, 0.25) is 0 Å². The van der Waals surface area contributed by atoms with Crippen LogP contribution in [-0.2, 0) is 6.42 Å². The number of rotatable bonds is 6. The van der Waals surface area contributed by atoms with E-state index in [4.69, 9.17) is 0 Å². The van der Waals surface area contributed by atoms with E-state index >= 15 is 0 Å². The summed E-state index contributed by atoms with van der Waals surface area (Å²) in [6.45, 7) is 2.80. The van der Waals surface area contributed by atoms with E-state index in [-0.39, 0.29) is 5.91 Å². The predicted molar refractivity (Wildman–Crippen MR) is 104 cm³/mol. The second kappa shape index (κ2) is 8.63. The summed E-state index contributed by atoms with van der Waals surface area (Å²) >= 11 is 0. The molecule has 1 amide bonds. The van der Waals surface area contributed by atoms with Crippen LogP contribution >= 0.6 is 0 Å². The Labute approximate surface area is 150 Å². The topological polar surface area (TPSA) is 32.3 Å². The summed E-state index contributed by atoms with van der Waals surface area (Å²) in [5.74, 6) is 0.765. The molecule has 1 aliphatic rings. The highest BCUT2D eigenvalue weighted by Crippen LogP contribution is 2.17. The third-order valence-corrected chi connectivity index (χ3v) is 4.70. The molecule has 1 aliphatic heterocycles. The highest BCUT2D eigenvalue weighted by atomic mass is 16.2. The fourth-order valence-electron chi connectivity index (χ4n) is 3.27. The number of carbonyl (C=O) groups is 1. The van der Waals surface area contributed by atoms with Crippen LogP contribution in [0.15, 0.2) is 60.7 Å². The lowest BCUT2D eigenvalue weighted by Crippen LogP contribution is -2.26. The van der Waals surface area contributed by atoms with E-state index in [1.807, 2.05) is 49.5 Å². The van der Waals surface area contributed by atoms with Crippen molar-refractivity contribution in [3.8, 4) is 0 Å². The van der Waals surface area contributed by atoms with Crippen molar-refractivity contribution in [1.29, 1.82) is 0 Å². The minimum absolute atomic E-state index is 0.0732. The van der Waals surface area contributed by atoms with Crippen LogP contribution in [0.3, 0.4) is 0 Å². The largest absolute Gasteiger partial charge is 0.338 e. The van der Waals surface area contributed by atoms with E-state index in [9.17, 15) is 4.79 Å². The summed E-state index contributed by atoms with van der Waals surface area (Å²) in [4.78, 5) is 14.4. The first-order valence-electron chi connectivity index (χ1n) is 8.99. The average Bonchev–Trinajstić information content (AvgIpc) is 3.15. The van der Waals surface area contributed by atoms with Crippen molar-refractivity contribution in [2.45, 2.75) is 12.8 Å². The molecule has 130 valence electrons.